The van der Waals surface area contributed by atoms with Crippen LogP contribution in [0, 0.1) is 0 Å². The lowest BCUT2D eigenvalue weighted by Crippen LogP contribution is -2.29. The van der Waals surface area contributed by atoms with Crippen molar-refractivity contribution in [2.75, 3.05) is 32.0 Å². The lowest BCUT2D eigenvalue weighted by Gasteiger charge is -2.20. The van der Waals surface area contributed by atoms with Gasteiger partial charge in [0.15, 0.2) is 0 Å². The van der Waals surface area contributed by atoms with E-state index in [9.17, 15) is 5.11 Å². The van der Waals surface area contributed by atoms with Crippen molar-refractivity contribution in [3.8, 4) is 5.88 Å². The molecule has 18 heavy (non-hydrogen) atoms. The first kappa shape index (κ1) is 13.2. The number of aliphatic hydroxyl groups is 1. The van der Waals surface area contributed by atoms with E-state index in [1.54, 1.807) is 0 Å². The van der Waals surface area contributed by atoms with E-state index in [0.717, 1.165) is 26.1 Å². The van der Waals surface area contributed by atoms with E-state index in [4.69, 9.17) is 10.5 Å². The van der Waals surface area contributed by atoms with Crippen LogP contribution in [0.2, 0.25) is 0 Å². The Bertz CT molecular complexity index is 393. The Labute approximate surface area is 107 Å². The summed E-state index contributed by atoms with van der Waals surface area (Å²) in [7, 11) is 0. The molecular formula is C12H22N4O2. The number of aromatic nitrogens is 2. The molecule has 0 bridgehead atoms. The lowest BCUT2D eigenvalue weighted by atomic mass is 10.3. The van der Waals surface area contributed by atoms with E-state index in [1.165, 1.54) is 0 Å². The fraction of sp³-hybridized carbons (Fsp3) is 0.750. The largest absolute Gasteiger partial charge is 0.475 e. The average molecular weight is 254 g/mol. The van der Waals surface area contributed by atoms with Crippen LogP contribution in [0.1, 0.15) is 26.3 Å². The van der Waals surface area contributed by atoms with Crippen LogP contribution >= 0.6 is 0 Å². The van der Waals surface area contributed by atoms with Gasteiger partial charge in [-0.25, -0.2) is 0 Å². The van der Waals surface area contributed by atoms with Gasteiger partial charge in [-0.05, 0) is 20.3 Å². The first-order valence-corrected chi connectivity index (χ1v) is 6.48. The summed E-state index contributed by atoms with van der Waals surface area (Å²) in [5.41, 5.74) is 6.41. The maximum Gasteiger partial charge on any atom is 0.256 e. The summed E-state index contributed by atoms with van der Waals surface area (Å²) in [5.74, 6) is 0.505. The number of anilines is 1. The van der Waals surface area contributed by atoms with Crippen LogP contribution in [-0.4, -0.2) is 52.1 Å². The van der Waals surface area contributed by atoms with Crippen LogP contribution in [0.25, 0.3) is 0 Å². The van der Waals surface area contributed by atoms with E-state index in [0.29, 0.717) is 18.2 Å². The van der Waals surface area contributed by atoms with Crippen LogP contribution in [-0.2, 0) is 0 Å². The van der Waals surface area contributed by atoms with Gasteiger partial charge in [0.25, 0.3) is 5.88 Å². The van der Waals surface area contributed by atoms with Gasteiger partial charge in [0.2, 0.25) is 0 Å². The maximum absolute atomic E-state index is 9.50. The third kappa shape index (κ3) is 2.94. The average Bonchev–Trinajstić information content (AvgIpc) is 2.87. The molecule has 0 aromatic carbocycles. The zero-order valence-electron chi connectivity index (χ0n) is 11.0. The highest BCUT2D eigenvalue weighted by atomic mass is 16.5. The standard InChI is InChI=1S/C12H22N4O2/c1-3-18-12-11(13)8-16(14-12)9(2)6-15-5-4-10(17)7-15/h8-10,17H,3-7,13H2,1-2H3. The molecule has 3 N–H and O–H groups in total. The molecule has 1 aromatic rings. The molecular weight excluding hydrogens is 232 g/mol. The fourth-order valence-corrected chi connectivity index (χ4v) is 2.30. The van der Waals surface area contributed by atoms with Gasteiger partial charge < -0.3 is 15.6 Å². The Kier molecular flexibility index (Phi) is 4.08. The minimum absolute atomic E-state index is 0.182. The Morgan fingerprint density at radius 1 is 1.67 bits per heavy atom. The van der Waals surface area contributed by atoms with Crippen molar-refractivity contribution in [3.05, 3.63) is 6.20 Å². The van der Waals surface area contributed by atoms with E-state index >= 15 is 0 Å². The number of ether oxygens (including phenoxy) is 1. The summed E-state index contributed by atoms with van der Waals surface area (Å²) in [4.78, 5) is 2.24. The second-order valence-corrected chi connectivity index (χ2v) is 4.85. The Balaban J connectivity index is 1.95. The minimum Gasteiger partial charge on any atom is -0.475 e. The number of aliphatic hydroxyl groups excluding tert-OH is 1. The Hall–Kier alpha value is -1.27. The summed E-state index contributed by atoms with van der Waals surface area (Å²) in [6.07, 6.45) is 2.49. The molecule has 2 unspecified atom stereocenters. The van der Waals surface area contributed by atoms with E-state index in [1.807, 2.05) is 17.8 Å². The topological polar surface area (TPSA) is 76.5 Å². The summed E-state index contributed by atoms with van der Waals surface area (Å²) < 4.78 is 7.18. The van der Waals surface area contributed by atoms with Crippen LogP contribution in [0.15, 0.2) is 6.20 Å². The van der Waals surface area contributed by atoms with E-state index in [2.05, 4.69) is 16.9 Å². The molecule has 0 radical (unpaired) electrons. The third-order valence-electron chi connectivity index (χ3n) is 3.23. The number of β-amino-alcohol motifs (C(OH)–C–C–N with tert-alkyl or cyclic N) is 1. The molecule has 0 aliphatic carbocycles. The molecule has 2 heterocycles. The lowest BCUT2D eigenvalue weighted by molar-refractivity contribution is 0.170. The zero-order chi connectivity index (χ0) is 13.1. The minimum atomic E-state index is -0.182. The van der Waals surface area contributed by atoms with Crippen molar-refractivity contribution in [2.24, 2.45) is 0 Å². The molecule has 1 saturated heterocycles. The van der Waals surface area contributed by atoms with Crippen molar-refractivity contribution in [3.63, 3.8) is 0 Å². The first-order valence-electron chi connectivity index (χ1n) is 6.48. The van der Waals surface area contributed by atoms with Crippen molar-refractivity contribution in [2.45, 2.75) is 32.4 Å². The number of hydrogen-bond acceptors (Lipinski definition) is 5. The Morgan fingerprint density at radius 2 is 2.44 bits per heavy atom. The SMILES string of the molecule is CCOc1nn(C(C)CN2CCC(O)C2)cc1N. The predicted octanol–water partition coefficient (Wildman–Crippen LogP) is 0.492. The van der Waals surface area contributed by atoms with E-state index in [-0.39, 0.29) is 12.1 Å². The number of nitrogen functional groups attached to an aromatic ring is 1. The first-order chi connectivity index (χ1) is 8.60. The van der Waals surface area contributed by atoms with Gasteiger partial charge in [0.05, 0.1) is 24.9 Å². The summed E-state index contributed by atoms with van der Waals surface area (Å²) >= 11 is 0. The number of likely N-dealkylation sites (tertiary alicyclic amines) is 1. The molecule has 0 amide bonds. The molecule has 1 aliphatic rings. The van der Waals surface area contributed by atoms with E-state index < -0.39 is 0 Å². The molecule has 1 fully saturated rings. The molecule has 2 rings (SSSR count). The third-order valence-corrected chi connectivity index (χ3v) is 3.23. The number of nitrogens with two attached hydrogens (primary N) is 1. The van der Waals surface area contributed by atoms with Gasteiger partial charge in [0.1, 0.15) is 5.69 Å². The predicted molar refractivity (Wildman–Crippen MR) is 69.6 cm³/mol. The highest BCUT2D eigenvalue weighted by molar-refractivity contribution is 5.45. The van der Waals surface area contributed by atoms with Crippen LogP contribution < -0.4 is 10.5 Å². The quantitative estimate of drug-likeness (QED) is 0.800. The fourth-order valence-electron chi connectivity index (χ4n) is 2.30. The Morgan fingerprint density at radius 3 is 3.06 bits per heavy atom. The van der Waals surface area contributed by atoms with Crippen molar-refractivity contribution in [1.82, 2.24) is 14.7 Å². The van der Waals surface area contributed by atoms with Gasteiger partial charge in [-0.2, -0.15) is 0 Å². The maximum atomic E-state index is 9.50. The van der Waals surface area contributed by atoms with Crippen molar-refractivity contribution >= 4 is 5.69 Å². The molecule has 0 spiro atoms. The highest BCUT2D eigenvalue weighted by Crippen LogP contribution is 2.22. The molecule has 1 aliphatic heterocycles. The molecule has 2 atom stereocenters. The molecule has 102 valence electrons. The second kappa shape index (κ2) is 5.58. The summed E-state index contributed by atoms with van der Waals surface area (Å²) in [6, 6.07) is 0.215. The van der Waals surface area contributed by atoms with Gasteiger partial charge >= 0.3 is 0 Å². The number of rotatable bonds is 5. The van der Waals surface area contributed by atoms with Crippen LogP contribution in [0.5, 0.6) is 5.88 Å². The van der Waals surface area contributed by atoms with Crippen LogP contribution in [0.3, 0.4) is 0 Å². The zero-order valence-corrected chi connectivity index (χ0v) is 11.0. The summed E-state index contributed by atoms with van der Waals surface area (Å²) in [5, 5.41) is 13.8. The smallest absolute Gasteiger partial charge is 0.256 e. The molecule has 6 nitrogen and oxygen atoms in total. The van der Waals surface area contributed by atoms with Gasteiger partial charge in [0, 0.05) is 19.6 Å². The number of hydrogen-bond donors (Lipinski definition) is 2. The molecule has 6 heteroatoms. The van der Waals surface area contributed by atoms with Gasteiger partial charge in [-0.15, -0.1) is 5.10 Å². The van der Waals surface area contributed by atoms with Gasteiger partial charge in [-0.1, -0.05) is 0 Å². The van der Waals surface area contributed by atoms with Gasteiger partial charge in [-0.3, -0.25) is 9.58 Å². The molecule has 1 aromatic heterocycles. The summed E-state index contributed by atoms with van der Waals surface area (Å²) in [6.45, 7) is 7.12. The normalized spacial score (nSPS) is 22.3. The number of nitrogens with zero attached hydrogens (tertiary/aromatic N) is 3. The van der Waals surface area contributed by atoms with Crippen molar-refractivity contribution in [1.29, 1.82) is 0 Å². The second-order valence-electron chi connectivity index (χ2n) is 4.85. The highest BCUT2D eigenvalue weighted by Gasteiger charge is 2.22. The molecule has 0 saturated carbocycles. The van der Waals surface area contributed by atoms with Crippen LogP contribution in [0.4, 0.5) is 5.69 Å². The van der Waals surface area contributed by atoms with Crippen molar-refractivity contribution < 1.29 is 9.84 Å². The monoisotopic (exact) mass is 254 g/mol.